The van der Waals surface area contributed by atoms with Crippen molar-refractivity contribution in [3.8, 4) is 0 Å². The summed E-state index contributed by atoms with van der Waals surface area (Å²) in [5.41, 5.74) is 1.37. The number of ether oxygens (including phenoxy) is 1. The van der Waals surface area contributed by atoms with E-state index in [9.17, 15) is 9.36 Å². The second-order valence-electron chi connectivity index (χ2n) is 6.16. The molecular formula is C18H28BrO6P. The zero-order chi connectivity index (χ0) is 19.3. The highest BCUT2D eigenvalue weighted by atomic mass is 79.9. The number of alkyl halides is 1. The molecule has 2 N–H and O–H groups in total. The van der Waals surface area contributed by atoms with Crippen molar-refractivity contribution in [2.24, 2.45) is 0 Å². The molecule has 0 fully saturated rings. The lowest BCUT2D eigenvalue weighted by atomic mass is 10.0. The molecule has 1 aromatic rings. The number of rotatable bonds is 14. The quantitative estimate of drug-likeness (QED) is 0.189. The van der Waals surface area contributed by atoms with Crippen molar-refractivity contribution in [2.45, 2.75) is 57.5 Å². The van der Waals surface area contributed by atoms with E-state index in [-0.39, 0.29) is 17.9 Å². The Labute approximate surface area is 163 Å². The molecule has 0 bridgehead atoms. The largest absolute Gasteiger partial charge is 0.469 e. The maximum absolute atomic E-state index is 11.7. The maximum Gasteiger partial charge on any atom is 0.469 e. The van der Waals surface area contributed by atoms with Crippen LogP contribution in [0, 0.1) is 0 Å². The van der Waals surface area contributed by atoms with Crippen LogP contribution in [0.1, 0.15) is 50.5 Å². The van der Waals surface area contributed by atoms with Crippen molar-refractivity contribution in [1.82, 2.24) is 0 Å². The highest BCUT2D eigenvalue weighted by Gasteiger charge is 2.20. The monoisotopic (exact) mass is 450 g/mol. The minimum Gasteiger partial charge on any atom is -0.459 e. The summed E-state index contributed by atoms with van der Waals surface area (Å²) in [6.45, 7) is -0.331. The van der Waals surface area contributed by atoms with Crippen molar-refractivity contribution in [1.29, 1.82) is 0 Å². The number of phosphoric acid groups is 1. The average Bonchev–Trinajstić information content (AvgIpc) is 2.61. The fraction of sp³-hybridized carbons (Fsp3) is 0.611. The summed E-state index contributed by atoms with van der Waals surface area (Å²) in [6, 6.07) is 10.5. The molecule has 0 aliphatic rings. The molecule has 1 aromatic carbocycles. The standard InChI is InChI=1S/C18H28BrO6P/c19-14-17(15-24-26(21,22)23)25-18(20)13-9-4-2-1-3-6-10-16-11-7-5-8-12-16/h5,7-8,11-12,17H,1-4,6,9-10,13-15H2,(H2,21,22,23)/t17-/m1/s1. The van der Waals surface area contributed by atoms with E-state index in [4.69, 9.17) is 14.5 Å². The first-order valence-corrected chi connectivity index (χ1v) is 11.6. The van der Waals surface area contributed by atoms with Crippen molar-refractivity contribution in [2.75, 3.05) is 11.9 Å². The fourth-order valence-electron chi connectivity index (χ4n) is 2.49. The Morgan fingerprint density at radius 2 is 1.65 bits per heavy atom. The highest BCUT2D eigenvalue weighted by molar-refractivity contribution is 9.09. The van der Waals surface area contributed by atoms with E-state index < -0.39 is 13.9 Å². The first-order chi connectivity index (χ1) is 12.4. The van der Waals surface area contributed by atoms with Crippen LogP contribution in [0.5, 0.6) is 0 Å². The van der Waals surface area contributed by atoms with Gasteiger partial charge in [-0.05, 0) is 24.8 Å². The topological polar surface area (TPSA) is 93.1 Å². The Hall–Kier alpha value is -0.720. The summed E-state index contributed by atoms with van der Waals surface area (Å²) in [4.78, 5) is 29.0. The molecule has 8 heteroatoms. The van der Waals surface area contributed by atoms with Gasteiger partial charge in [-0.2, -0.15) is 0 Å². The lowest BCUT2D eigenvalue weighted by Gasteiger charge is -2.15. The van der Waals surface area contributed by atoms with Gasteiger partial charge in [0.15, 0.2) is 0 Å². The van der Waals surface area contributed by atoms with Crippen molar-refractivity contribution in [3.63, 3.8) is 0 Å². The molecule has 0 aliphatic carbocycles. The van der Waals surface area contributed by atoms with Gasteiger partial charge in [-0.25, -0.2) is 4.57 Å². The summed E-state index contributed by atoms with van der Waals surface area (Å²) in [5.74, 6) is -0.368. The molecular weight excluding hydrogens is 423 g/mol. The van der Waals surface area contributed by atoms with Crippen molar-refractivity contribution < 1.29 is 28.4 Å². The number of esters is 1. The van der Waals surface area contributed by atoms with E-state index in [0.717, 1.165) is 32.1 Å². The summed E-state index contributed by atoms with van der Waals surface area (Å²) in [6.07, 6.45) is 7.05. The van der Waals surface area contributed by atoms with Crippen molar-refractivity contribution in [3.05, 3.63) is 35.9 Å². The van der Waals surface area contributed by atoms with Crippen molar-refractivity contribution >= 4 is 29.7 Å². The fourth-order valence-corrected chi connectivity index (χ4v) is 3.16. The van der Waals surface area contributed by atoms with Crippen LogP contribution < -0.4 is 0 Å². The number of unbranched alkanes of at least 4 members (excludes halogenated alkanes) is 5. The minimum absolute atomic E-state index is 0.264. The number of carbonyl (C=O) groups excluding carboxylic acids is 1. The van der Waals surface area contributed by atoms with Gasteiger partial charge in [0, 0.05) is 11.8 Å². The maximum atomic E-state index is 11.7. The minimum atomic E-state index is -4.55. The van der Waals surface area contributed by atoms with Gasteiger partial charge in [-0.3, -0.25) is 9.32 Å². The third-order valence-corrected chi connectivity index (χ3v) is 5.05. The van der Waals surface area contributed by atoms with Gasteiger partial charge in [-0.1, -0.05) is 71.9 Å². The predicted octanol–water partition coefficient (Wildman–Crippen LogP) is 4.38. The number of halogens is 1. The lowest BCUT2D eigenvalue weighted by molar-refractivity contribution is -0.149. The van der Waals surface area contributed by atoms with E-state index >= 15 is 0 Å². The Morgan fingerprint density at radius 1 is 1.04 bits per heavy atom. The molecule has 0 aliphatic heterocycles. The molecule has 0 unspecified atom stereocenters. The number of phosphoric ester groups is 1. The Morgan fingerprint density at radius 3 is 2.27 bits per heavy atom. The van der Waals surface area contributed by atoms with Gasteiger partial charge in [0.25, 0.3) is 0 Å². The number of carbonyl (C=O) groups is 1. The molecule has 1 rings (SSSR count). The Balaban J connectivity index is 2.00. The highest BCUT2D eigenvalue weighted by Crippen LogP contribution is 2.35. The second kappa shape index (κ2) is 13.4. The van der Waals surface area contributed by atoms with E-state index in [1.807, 2.05) is 6.07 Å². The molecule has 0 radical (unpaired) electrons. The molecule has 26 heavy (non-hydrogen) atoms. The van der Waals surface area contributed by atoms with E-state index in [0.29, 0.717) is 6.42 Å². The van der Waals surface area contributed by atoms with Crippen LogP contribution in [0.15, 0.2) is 30.3 Å². The molecule has 0 amide bonds. The normalized spacial score (nSPS) is 12.7. The van der Waals surface area contributed by atoms with Crippen LogP contribution in [-0.4, -0.2) is 33.8 Å². The Bertz CT molecular complexity index is 548. The van der Waals surface area contributed by atoms with Gasteiger partial charge in [0.2, 0.25) is 0 Å². The van der Waals surface area contributed by atoms with Gasteiger partial charge in [-0.15, -0.1) is 0 Å². The van der Waals surface area contributed by atoms with Gasteiger partial charge >= 0.3 is 13.8 Å². The van der Waals surface area contributed by atoms with Gasteiger partial charge in [0.1, 0.15) is 6.10 Å². The SMILES string of the molecule is O=C(CCCCCCCCc1ccccc1)O[C@H](CBr)COP(=O)(O)O. The molecule has 1 atom stereocenters. The van der Waals surface area contributed by atoms with Crippen LogP contribution >= 0.6 is 23.8 Å². The summed E-state index contributed by atoms with van der Waals surface area (Å²) in [5, 5.41) is 0.264. The molecule has 6 nitrogen and oxygen atoms in total. The van der Waals surface area contributed by atoms with Crippen LogP contribution in [0.4, 0.5) is 0 Å². The molecule has 0 saturated heterocycles. The first-order valence-electron chi connectivity index (χ1n) is 8.90. The molecule has 0 spiro atoms. The summed E-state index contributed by atoms with van der Waals surface area (Å²) < 4.78 is 20.1. The zero-order valence-corrected chi connectivity index (χ0v) is 17.4. The molecule has 0 heterocycles. The third kappa shape index (κ3) is 12.6. The van der Waals surface area contributed by atoms with Crippen LogP contribution in [0.2, 0.25) is 0 Å². The number of hydrogen-bond donors (Lipinski definition) is 2. The molecule has 148 valence electrons. The average molecular weight is 451 g/mol. The van der Waals surface area contributed by atoms with E-state index in [2.05, 4.69) is 44.7 Å². The number of benzene rings is 1. The van der Waals surface area contributed by atoms with Gasteiger partial charge < -0.3 is 14.5 Å². The third-order valence-electron chi connectivity index (χ3n) is 3.84. The number of aryl methyl sites for hydroxylation is 1. The van der Waals surface area contributed by atoms with Crippen LogP contribution in [-0.2, 0) is 25.0 Å². The van der Waals surface area contributed by atoms with E-state index in [1.165, 1.54) is 18.4 Å². The zero-order valence-electron chi connectivity index (χ0n) is 14.9. The second-order valence-corrected chi connectivity index (χ2v) is 8.05. The number of hydrogen-bond acceptors (Lipinski definition) is 4. The molecule has 0 saturated carbocycles. The summed E-state index contributed by atoms with van der Waals surface area (Å²) in [7, 11) is -4.55. The first kappa shape index (κ1) is 23.3. The van der Waals surface area contributed by atoms with Crippen LogP contribution in [0.3, 0.4) is 0 Å². The summed E-state index contributed by atoms with van der Waals surface area (Å²) >= 11 is 3.14. The van der Waals surface area contributed by atoms with E-state index in [1.54, 1.807) is 0 Å². The molecule has 0 aromatic heterocycles. The van der Waals surface area contributed by atoms with Crippen LogP contribution in [0.25, 0.3) is 0 Å². The Kier molecular flexibility index (Phi) is 12.1. The lowest BCUT2D eigenvalue weighted by Crippen LogP contribution is -2.24. The predicted molar refractivity (Wildman–Crippen MR) is 104 cm³/mol. The van der Waals surface area contributed by atoms with Gasteiger partial charge in [0.05, 0.1) is 6.61 Å². The smallest absolute Gasteiger partial charge is 0.459 e.